The van der Waals surface area contributed by atoms with Gasteiger partial charge in [0.2, 0.25) is 0 Å². The number of ether oxygens (including phenoxy) is 1. The molecule has 6 nitrogen and oxygen atoms in total. The van der Waals surface area contributed by atoms with Gasteiger partial charge in [0.05, 0.1) is 7.11 Å². The molecule has 128 valence electrons. The first-order valence-electron chi connectivity index (χ1n) is 8.48. The monoisotopic (exact) mass is 336 g/mol. The summed E-state index contributed by atoms with van der Waals surface area (Å²) >= 11 is 0. The zero-order chi connectivity index (χ0) is 17.2. The van der Waals surface area contributed by atoms with E-state index in [-0.39, 0.29) is 11.8 Å². The summed E-state index contributed by atoms with van der Waals surface area (Å²) in [6.07, 6.45) is 3.75. The van der Waals surface area contributed by atoms with Crippen molar-refractivity contribution in [2.24, 2.45) is 0 Å². The maximum Gasteiger partial charge on any atom is 0.254 e. The minimum atomic E-state index is 0.0468. The summed E-state index contributed by atoms with van der Waals surface area (Å²) in [6.45, 7) is 1.46. The molecule has 1 saturated heterocycles. The number of hydrogen-bond acceptors (Lipinski definition) is 4. The molecule has 1 aliphatic rings. The highest BCUT2D eigenvalue weighted by atomic mass is 16.5. The predicted octanol–water partition coefficient (Wildman–Crippen LogP) is 2.99. The lowest BCUT2D eigenvalue weighted by Crippen LogP contribution is -2.39. The van der Waals surface area contributed by atoms with E-state index in [9.17, 15) is 4.79 Å². The van der Waals surface area contributed by atoms with Crippen molar-refractivity contribution in [1.82, 2.24) is 20.1 Å². The number of pyridine rings is 1. The first kappa shape index (κ1) is 15.6. The number of carbonyl (C=O) groups is 1. The van der Waals surface area contributed by atoms with Crippen LogP contribution in [0.25, 0.3) is 11.0 Å². The van der Waals surface area contributed by atoms with Crippen molar-refractivity contribution in [3.05, 3.63) is 53.9 Å². The summed E-state index contributed by atoms with van der Waals surface area (Å²) in [6, 6.07) is 11.3. The minimum absolute atomic E-state index is 0.0468. The number of H-pyrrole nitrogens is 1. The average Bonchev–Trinajstić information content (AvgIpc) is 3.12. The van der Waals surface area contributed by atoms with E-state index >= 15 is 0 Å². The van der Waals surface area contributed by atoms with Gasteiger partial charge in [-0.05, 0) is 43.2 Å². The number of methoxy groups -OCH3 is 1. The van der Waals surface area contributed by atoms with Crippen LogP contribution in [0.3, 0.4) is 0 Å². The van der Waals surface area contributed by atoms with Crippen LogP contribution in [0, 0.1) is 0 Å². The molecule has 3 heterocycles. The van der Waals surface area contributed by atoms with Crippen molar-refractivity contribution in [3.8, 4) is 5.75 Å². The number of piperidine rings is 1. The molecule has 1 unspecified atom stereocenters. The van der Waals surface area contributed by atoms with Crippen molar-refractivity contribution in [3.63, 3.8) is 0 Å². The standard InChI is InChI=1S/C19H20N4O2/c1-25-15-7-2-5-13(11-15)19(24)23-10-4-6-14(12-23)17-16-8-3-9-20-18(16)22-21-17/h2-3,5,7-9,11,14H,4,6,10,12H2,1H3,(H,20,21,22). The van der Waals surface area contributed by atoms with E-state index in [1.807, 2.05) is 35.2 Å². The fraction of sp³-hybridized carbons (Fsp3) is 0.316. The number of aromatic amines is 1. The molecular formula is C19H20N4O2. The van der Waals surface area contributed by atoms with Gasteiger partial charge in [0.25, 0.3) is 5.91 Å². The second kappa shape index (κ2) is 6.55. The maximum absolute atomic E-state index is 12.9. The lowest BCUT2D eigenvalue weighted by molar-refractivity contribution is 0.0706. The maximum atomic E-state index is 12.9. The third-order valence-corrected chi connectivity index (χ3v) is 4.79. The molecule has 1 fully saturated rings. The molecule has 4 rings (SSSR count). The number of aromatic nitrogens is 3. The summed E-state index contributed by atoms with van der Waals surface area (Å²) in [4.78, 5) is 19.1. The lowest BCUT2D eigenvalue weighted by atomic mass is 9.93. The molecule has 3 aromatic rings. The van der Waals surface area contributed by atoms with E-state index in [1.54, 1.807) is 19.4 Å². The van der Waals surface area contributed by atoms with Gasteiger partial charge in [-0.2, -0.15) is 5.10 Å². The molecule has 0 bridgehead atoms. The van der Waals surface area contributed by atoms with Crippen LogP contribution in [-0.4, -0.2) is 46.2 Å². The topological polar surface area (TPSA) is 71.1 Å². The van der Waals surface area contributed by atoms with Crippen LogP contribution >= 0.6 is 0 Å². The van der Waals surface area contributed by atoms with Gasteiger partial charge in [0.15, 0.2) is 5.65 Å². The molecule has 1 amide bonds. The predicted molar refractivity (Wildman–Crippen MR) is 94.8 cm³/mol. The van der Waals surface area contributed by atoms with E-state index < -0.39 is 0 Å². The van der Waals surface area contributed by atoms with Crippen LogP contribution in [0.2, 0.25) is 0 Å². The van der Waals surface area contributed by atoms with Crippen LogP contribution in [0.4, 0.5) is 0 Å². The molecule has 0 aliphatic carbocycles. The minimum Gasteiger partial charge on any atom is -0.497 e. The third-order valence-electron chi connectivity index (χ3n) is 4.79. The smallest absolute Gasteiger partial charge is 0.254 e. The Bertz CT molecular complexity index is 905. The highest BCUT2D eigenvalue weighted by Gasteiger charge is 2.28. The van der Waals surface area contributed by atoms with Crippen molar-refractivity contribution in [2.75, 3.05) is 20.2 Å². The second-order valence-corrected chi connectivity index (χ2v) is 6.33. The molecule has 0 saturated carbocycles. The fourth-order valence-corrected chi connectivity index (χ4v) is 3.52. The summed E-state index contributed by atoms with van der Waals surface area (Å²) < 4.78 is 5.23. The van der Waals surface area contributed by atoms with Crippen LogP contribution < -0.4 is 4.74 Å². The molecule has 0 spiro atoms. The van der Waals surface area contributed by atoms with Crippen molar-refractivity contribution >= 4 is 16.9 Å². The Kier molecular flexibility index (Phi) is 4.09. The molecule has 1 atom stereocenters. The number of hydrogen-bond donors (Lipinski definition) is 1. The highest BCUT2D eigenvalue weighted by molar-refractivity contribution is 5.94. The second-order valence-electron chi connectivity index (χ2n) is 6.33. The molecule has 1 N–H and O–H groups in total. The lowest BCUT2D eigenvalue weighted by Gasteiger charge is -2.32. The fourth-order valence-electron chi connectivity index (χ4n) is 3.52. The Labute approximate surface area is 145 Å². The van der Waals surface area contributed by atoms with E-state index in [2.05, 4.69) is 15.2 Å². The van der Waals surface area contributed by atoms with Gasteiger partial charge in [-0.15, -0.1) is 0 Å². The Hall–Kier alpha value is -2.89. The Morgan fingerprint density at radius 3 is 3.12 bits per heavy atom. The number of nitrogens with one attached hydrogen (secondary N) is 1. The van der Waals surface area contributed by atoms with Gasteiger partial charge in [-0.1, -0.05) is 6.07 Å². The largest absolute Gasteiger partial charge is 0.497 e. The Morgan fingerprint density at radius 2 is 2.24 bits per heavy atom. The van der Waals surface area contributed by atoms with Gasteiger partial charge in [0, 0.05) is 41.8 Å². The van der Waals surface area contributed by atoms with E-state index in [0.717, 1.165) is 36.1 Å². The number of carbonyl (C=O) groups excluding carboxylic acids is 1. The number of nitrogens with zero attached hydrogens (tertiary/aromatic N) is 3. The number of amides is 1. The van der Waals surface area contributed by atoms with E-state index in [1.165, 1.54) is 0 Å². The number of benzene rings is 1. The third kappa shape index (κ3) is 2.95. The molecule has 6 heteroatoms. The van der Waals surface area contributed by atoms with Crippen LogP contribution in [0.5, 0.6) is 5.75 Å². The Balaban J connectivity index is 1.57. The molecule has 0 radical (unpaired) electrons. The molecular weight excluding hydrogens is 316 g/mol. The zero-order valence-corrected chi connectivity index (χ0v) is 14.1. The van der Waals surface area contributed by atoms with Crippen LogP contribution in [0.15, 0.2) is 42.6 Å². The van der Waals surface area contributed by atoms with Crippen LogP contribution in [-0.2, 0) is 0 Å². The van der Waals surface area contributed by atoms with Crippen molar-refractivity contribution in [1.29, 1.82) is 0 Å². The van der Waals surface area contributed by atoms with Crippen LogP contribution in [0.1, 0.15) is 34.8 Å². The van der Waals surface area contributed by atoms with Gasteiger partial charge < -0.3 is 9.64 Å². The normalized spacial score (nSPS) is 17.6. The van der Waals surface area contributed by atoms with E-state index in [0.29, 0.717) is 17.9 Å². The first-order valence-corrected chi connectivity index (χ1v) is 8.48. The highest BCUT2D eigenvalue weighted by Crippen LogP contribution is 2.30. The summed E-state index contributed by atoms with van der Waals surface area (Å²) in [7, 11) is 1.61. The van der Waals surface area contributed by atoms with Gasteiger partial charge in [-0.3, -0.25) is 9.89 Å². The molecule has 1 aliphatic heterocycles. The molecule has 2 aromatic heterocycles. The Morgan fingerprint density at radius 1 is 1.32 bits per heavy atom. The van der Waals surface area contributed by atoms with Gasteiger partial charge in [-0.25, -0.2) is 4.98 Å². The average molecular weight is 336 g/mol. The summed E-state index contributed by atoms with van der Waals surface area (Å²) in [5.41, 5.74) is 2.47. The molecule has 1 aromatic carbocycles. The van der Waals surface area contributed by atoms with Gasteiger partial charge >= 0.3 is 0 Å². The first-order chi connectivity index (χ1) is 12.3. The number of rotatable bonds is 3. The summed E-state index contributed by atoms with van der Waals surface area (Å²) in [5, 5.41) is 8.46. The van der Waals surface area contributed by atoms with Gasteiger partial charge in [0.1, 0.15) is 5.75 Å². The molecule has 25 heavy (non-hydrogen) atoms. The zero-order valence-electron chi connectivity index (χ0n) is 14.1. The number of fused-ring (bicyclic) bond motifs is 1. The quantitative estimate of drug-likeness (QED) is 0.798. The van der Waals surface area contributed by atoms with Crippen molar-refractivity contribution < 1.29 is 9.53 Å². The van der Waals surface area contributed by atoms with E-state index in [4.69, 9.17) is 4.74 Å². The SMILES string of the molecule is COc1cccc(C(=O)N2CCCC(c3[nH]nc4ncccc34)C2)c1. The number of likely N-dealkylation sites (tertiary alicyclic amines) is 1. The van der Waals surface area contributed by atoms with Crippen molar-refractivity contribution in [2.45, 2.75) is 18.8 Å². The summed E-state index contributed by atoms with van der Waals surface area (Å²) in [5.74, 6) is 0.994.